The first-order valence-electron chi connectivity index (χ1n) is 6.75. The smallest absolute Gasteiger partial charge is 0.320 e. The minimum Gasteiger partial charge on any atom is -0.480 e. The number of hydrogen-bond donors (Lipinski definition) is 6. The van der Waals surface area contributed by atoms with E-state index in [9.17, 15) is 14.4 Å². The lowest BCUT2D eigenvalue weighted by Crippen LogP contribution is -2.34. The summed E-state index contributed by atoms with van der Waals surface area (Å²) in [6.45, 7) is 7.17. The van der Waals surface area contributed by atoms with Gasteiger partial charge in [0.2, 0.25) is 0 Å². The molecule has 0 amide bonds. The summed E-state index contributed by atoms with van der Waals surface area (Å²) in [7, 11) is 0. The molecular weight excluding hydrogens is 294 g/mol. The van der Waals surface area contributed by atoms with Gasteiger partial charge in [-0.05, 0) is 18.3 Å². The van der Waals surface area contributed by atoms with Crippen molar-refractivity contribution in [2.75, 3.05) is 6.54 Å². The molecule has 0 aromatic carbocycles. The average molecular weight is 323 g/mol. The summed E-state index contributed by atoms with van der Waals surface area (Å²) in [5, 5.41) is 24.1. The van der Waals surface area contributed by atoms with Crippen LogP contribution < -0.4 is 17.2 Å². The van der Waals surface area contributed by atoms with Gasteiger partial charge < -0.3 is 32.5 Å². The van der Waals surface area contributed by atoms with Crippen LogP contribution in [-0.2, 0) is 14.4 Å². The van der Waals surface area contributed by atoms with Gasteiger partial charge >= 0.3 is 17.9 Å². The van der Waals surface area contributed by atoms with E-state index in [0.29, 0.717) is 12.3 Å². The Morgan fingerprint density at radius 2 is 1.27 bits per heavy atom. The van der Waals surface area contributed by atoms with E-state index in [-0.39, 0.29) is 12.5 Å². The van der Waals surface area contributed by atoms with Crippen molar-refractivity contribution in [3.05, 3.63) is 0 Å². The third-order valence-electron chi connectivity index (χ3n) is 2.22. The molecule has 0 saturated heterocycles. The van der Waals surface area contributed by atoms with Crippen LogP contribution in [0.2, 0.25) is 0 Å². The third-order valence-corrected chi connectivity index (χ3v) is 2.22. The maximum absolute atomic E-state index is 10.1. The minimum atomic E-state index is -0.968. The van der Waals surface area contributed by atoms with Crippen LogP contribution in [0.25, 0.3) is 0 Å². The number of carboxylic acids is 3. The Morgan fingerprint density at radius 3 is 1.32 bits per heavy atom. The lowest BCUT2D eigenvalue weighted by atomic mass is 10.1. The Balaban J connectivity index is -0.000000257. The molecule has 0 radical (unpaired) electrons. The lowest BCUT2D eigenvalue weighted by molar-refractivity contribution is -0.140. The third kappa shape index (κ3) is 20.6. The highest BCUT2D eigenvalue weighted by atomic mass is 16.4. The summed E-state index contributed by atoms with van der Waals surface area (Å²) in [6, 6.07) is -1.40. The molecule has 9 nitrogen and oxygen atoms in total. The van der Waals surface area contributed by atoms with Crippen molar-refractivity contribution in [2.24, 2.45) is 29.0 Å². The number of carboxylic acid groups (broad SMARTS) is 3. The topological polar surface area (TPSA) is 190 Å². The van der Waals surface area contributed by atoms with Crippen molar-refractivity contribution in [1.29, 1.82) is 0 Å². The van der Waals surface area contributed by atoms with E-state index in [4.69, 9.17) is 26.8 Å². The van der Waals surface area contributed by atoms with Gasteiger partial charge in [-0.1, -0.05) is 27.7 Å². The molecule has 0 bridgehead atoms. The largest absolute Gasteiger partial charge is 0.480 e. The zero-order valence-corrected chi connectivity index (χ0v) is 13.5. The fourth-order valence-corrected chi connectivity index (χ4v) is 0.894. The number of carbonyl (C=O) groups is 3. The maximum atomic E-state index is 10.1. The van der Waals surface area contributed by atoms with Crippen LogP contribution in [0.3, 0.4) is 0 Å². The molecule has 9 N–H and O–H groups in total. The Bertz CT molecular complexity index is 334. The summed E-state index contributed by atoms with van der Waals surface area (Å²) in [5.74, 6) is -2.43. The van der Waals surface area contributed by atoms with Crippen molar-refractivity contribution in [3.63, 3.8) is 0 Å². The highest BCUT2D eigenvalue weighted by molar-refractivity contribution is 5.73. The first-order chi connectivity index (χ1) is 9.86. The molecule has 9 heteroatoms. The molecule has 0 saturated carbocycles. The van der Waals surface area contributed by atoms with Gasteiger partial charge in [-0.2, -0.15) is 0 Å². The second-order valence-electron chi connectivity index (χ2n) is 5.28. The standard InChI is InChI=1S/C6H13NO2.C5H11NO2.C2H5NO2/c1-4(2)3-5(7)6(8)9;1-3(2)4(6)5(7)8;3-1-2(4)5/h4-5H,3,7H2,1-2H3,(H,8,9);3-4H,6H2,1-2H3,(H,7,8);1,3H2,(H,4,5)/t5-;4-;/m00./s1. The van der Waals surface area contributed by atoms with Gasteiger partial charge in [-0.3, -0.25) is 14.4 Å². The van der Waals surface area contributed by atoms with E-state index in [0.717, 1.165) is 0 Å². The molecule has 0 aliphatic rings. The van der Waals surface area contributed by atoms with Crippen molar-refractivity contribution in [3.8, 4) is 0 Å². The van der Waals surface area contributed by atoms with Crippen molar-refractivity contribution < 1.29 is 29.7 Å². The molecule has 0 unspecified atom stereocenters. The predicted octanol–water partition coefficient (Wildman–Crippen LogP) is -0.472. The van der Waals surface area contributed by atoms with E-state index >= 15 is 0 Å². The Labute approximate surface area is 130 Å². The Kier molecular flexibility index (Phi) is 16.3. The van der Waals surface area contributed by atoms with Crippen molar-refractivity contribution in [2.45, 2.75) is 46.2 Å². The number of rotatable bonds is 6. The maximum Gasteiger partial charge on any atom is 0.320 e. The Hall–Kier alpha value is -1.71. The van der Waals surface area contributed by atoms with Gasteiger partial charge in [0.1, 0.15) is 12.1 Å². The van der Waals surface area contributed by atoms with Gasteiger partial charge in [0.25, 0.3) is 0 Å². The number of nitrogens with two attached hydrogens (primary N) is 3. The van der Waals surface area contributed by atoms with Crippen LogP contribution in [0.5, 0.6) is 0 Å². The summed E-state index contributed by atoms with van der Waals surface area (Å²) >= 11 is 0. The van der Waals surface area contributed by atoms with Gasteiger partial charge in [0, 0.05) is 0 Å². The molecule has 22 heavy (non-hydrogen) atoms. The van der Waals surface area contributed by atoms with Crippen molar-refractivity contribution >= 4 is 17.9 Å². The quantitative estimate of drug-likeness (QED) is 0.375. The average Bonchev–Trinajstić information content (AvgIpc) is 2.37. The molecule has 2 atom stereocenters. The zero-order valence-electron chi connectivity index (χ0n) is 13.5. The van der Waals surface area contributed by atoms with E-state index in [1.807, 2.05) is 13.8 Å². The second kappa shape index (κ2) is 14.2. The summed E-state index contributed by atoms with van der Waals surface area (Å²) < 4.78 is 0. The van der Waals surface area contributed by atoms with Gasteiger partial charge in [0.15, 0.2) is 0 Å². The molecule has 0 spiro atoms. The van der Waals surface area contributed by atoms with Gasteiger partial charge in [0.05, 0.1) is 6.54 Å². The molecule has 132 valence electrons. The Morgan fingerprint density at radius 1 is 0.909 bits per heavy atom. The summed E-state index contributed by atoms with van der Waals surface area (Å²) in [6.07, 6.45) is 0.551. The fraction of sp³-hybridized carbons (Fsp3) is 0.769. The SMILES string of the molecule is CC(C)C[C@H](N)C(=O)O.CC(C)[C@H](N)C(=O)O.NCC(=O)O. The monoisotopic (exact) mass is 323 g/mol. The second-order valence-corrected chi connectivity index (χ2v) is 5.28. The number of hydrogen-bond acceptors (Lipinski definition) is 6. The molecule has 0 aliphatic heterocycles. The van der Waals surface area contributed by atoms with Crippen LogP contribution in [0.15, 0.2) is 0 Å². The molecule has 0 heterocycles. The minimum absolute atomic E-state index is 0.0208. The summed E-state index contributed by atoms with van der Waals surface area (Å²) in [4.78, 5) is 29.4. The normalized spacial score (nSPS) is 12.4. The van der Waals surface area contributed by atoms with Crippen LogP contribution in [-0.4, -0.2) is 51.9 Å². The first kappa shape index (κ1) is 25.3. The van der Waals surface area contributed by atoms with Crippen LogP contribution >= 0.6 is 0 Å². The molecule has 0 aromatic rings. The molecular formula is C13H29N3O6. The fourth-order valence-electron chi connectivity index (χ4n) is 0.894. The van der Waals surface area contributed by atoms with E-state index in [1.54, 1.807) is 13.8 Å². The molecule has 0 rings (SSSR count). The zero-order chi connectivity index (χ0) is 18.5. The van der Waals surface area contributed by atoms with Gasteiger partial charge in [-0.25, -0.2) is 0 Å². The van der Waals surface area contributed by atoms with E-state index in [1.165, 1.54) is 0 Å². The van der Waals surface area contributed by atoms with Crippen LogP contribution in [0.4, 0.5) is 0 Å². The molecule has 0 fully saturated rings. The van der Waals surface area contributed by atoms with E-state index < -0.39 is 30.0 Å². The number of aliphatic carboxylic acids is 3. The first-order valence-corrected chi connectivity index (χ1v) is 6.75. The van der Waals surface area contributed by atoms with Gasteiger partial charge in [-0.15, -0.1) is 0 Å². The molecule has 0 aliphatic carbocycles. The highest BCUT2D eigenvalue weighted by Crippen LogP contribution is 2.01. The highest BCUT2D eigenvalue weighted by Gasteiger charge is 2.14. The molecule has 0 aromatic heterocycles. The lowest BCUT2D eigenvalue weighted by Gasteiger charge is -2.07. The summed E-state index contributed by atoms with van der Waals surface area (Å²) in [5.41, 5.74) is 14.9. The van der Waals surface area contributed by atoms with Crippen molar-refractivity contribution in [1.82, 2.24) is 0 Å². The van der Waals surface area contributed by atoms with Crippen LogP contribution in [0, 0.1) is 11.8 Å². The van der Waals surface area contributed by atoms with Crippen LogP contribution in [0.1, 0.15) is 34.1 Å². The predicted molar refractivity (Wildman–Crippen MR) is 82.2 cm³/mol. The van der Waals surface area contributed by atoms with E-state index in [2.05, 4.69) is 5.73 Å².